The van der Waals surface area contributed by atoms with Crippen LogP contribution in [0.25, 0.3) is 0 Å². The fraction of sp³-hybridized carbons (Fsp3) is 0.391. The molecule has 0 bridgehead atoms. The molecule has 0 radical (unpaired) electrons. The number of nitrogens with two attached hydrogens (primary N) is 1. The molecule has 1 aliphatic heterocycles. The molecule has 3 rings (SSSR count). The molecule has 30 heavy (non-hydrogen) atoms. The van der Waals surface area contributed by atoms with E-state index in [1.807, 2.05) is 30.3 Å². The number of nitrogens with one attached hydrogen (secondary N) is 1. The van der Waals surface area contributed by atoms with Crippen LogP contribution in [-0.2, 0) is 22.7 Å². The van der Waals surface area contributed by atoms with Crippen LogP contribution in [0, 0.1) is 0 Å². The largest absolute Gasteiger partial charge is 0.489 e. The van der Waals surface area contributed by atoms with Crippen molar-refractivity contribution < 1.29 is 19.1 Å². The van der Waals surface area contributed by atoms with Crippen molar-refractivity contribution in [3.05, 3.63) is 65.2 Å². The number of benzene rings is 2. The number of carbonyl (C=O) groups excluding carboxylic acids is 2. The van der Waals surface area contributed by atoms with Gasteiger partial charge in [-0.3, -0.25) is 9.69 Å². The zero-order valence-corrected chi connectivity index (χ0v) is 17.3. The number of rotatable bonds is 8. The topological polar surface area (TPSA) is 93.9 Å². The Morgan fingerprint density at radius 1 is 1.10 bits per heavy atom. The lowest BCUT2D eigenvalue weighted by molar-refractivity contribution is -0.120. The van der Waals surface area contributed by atoms with Crippen molar-refractivity contribution in [2.45, 2.75) is 32.0 Å². The fourth-order valence-corrected chi connectivity index (χ4v) is 3.55. The van der Waals surface area contributed by atoms with Crippen LogP contribution in [0.1, 0.15) is 34.3 Å². The molecule has 1 saturated heterocycles. The van der Waals surface area contributed by atoms with E-state index in [0.29, 0.717) is 12.2 Å². The van der Waals surface area contributed by atoms with Crippen LogP contribution in [0.3, 0.4) is 0 Å². The standard InChI is InChI=1S/C23H29N3O4/c1-29-23(28)18-8-6-17(7-9-18)16-30-21-5-3-2-4-19(21)15-26-12-10-20(11-13-26)25-22(27)14-24/h2-9,20H,10-16,24H2,1H3,(H,25,27). The van der Waals surface area contributed by atoms with Gasteiger partial charge in [-0.1, -0.05) is 30.3 Å². The summed E-state index contributed by atoms with van der Waals surface area (Å²) in [5.41, 5.74) is 8.01. The van der Waals surface area contributed by atoms with E-state index in [4.69, 9.17) is 15.2 Å². The van der Waals surface area contributed by atoms with Crippen molar-refractivity contribution >= 4 is 11.9 Å². The summed E-state index contributed by atoms with van der Waals surface area (Å²) in [6.07, 6.45) is 1.84. The average Bonchev–Trinajstić information content (AvgIpc) is 2.79. The molecule has 3 N–H and O–H groups in total. The predicted octanol–water partition coefficient (Wildman–Crippen LogP) is 2.09. The number of hydrogen-bond acceptors (Lipinski definition) is 6. The summed E-state index contributed by atoms with van der Waals surface area (Å²) in [7, 11) is 1.37. The molecule has 7 nitrogen and oxygen atoms in total. The molecular weight excluding hydrogens is 382 g/mol. The highest BCUT2D eigenvalue weighted by atomic mass is 16.5. The highest BCUT2D eigenvalue weighted by Gasteiger charge is 2.21. The molecule has 2 aromatic carbocycles. The average molecular weight is 412 g/mol. The lowest BCUT2D eigenvalue weighted by Crippen LogP contribution is -2.46. The second-order valence-electron chi connectivity index (χ2n) is 7.41. The normalized spacial score (nSPS) is 14.9. The first kappa shape index (κ1) is 21.8. The zero-order valence-electron chi connectivity index (χ0n) is 17.3. The maximum atomic E-state index is 11.5. The molecule has 7 heteroatoms. The number of amides is 1. The molecule has 1 aliphatic rings. The van der Waals surface area contributed by atoms with Crippen molar-refractivity contribution in [2.75, 3.05) is 26.7 Å². The van der Waals surface area contributed by atoms with Gasteiger partial charge in [-0.25, -0.2) is 4.79 Å². The number of para-hydroxylation sites is 1. The summed E-state index contributed by atoms with van der Waals surface area (Å²) < 4.78 is 10.8. The number of carbonyl (C=O) groups is 2. The van der Waals surface area contributed by atoms with Crippen LogP contribution in [0.5, 0.6) is 5.75 Å². The Hall–Kier alpha value is -2.90. The molecule has 0 atom stereocenters. The molecule has 160 valence electrons. The van der Waals surface area contributed by atoms with Gasteiger partial charge in [-0.2, -0.15) is 0 Å². The molecule has 0 aromatic heterocycles. The van der Waals surface area contributed by atoms with Crippen molar-refractivity contribution in [3.8, 4) is 5.75 Å². The molecular formula is C23H29N3O4. The van der Waals surface area contributed by atoms with Gasteiger partial charge < -0.3 is 20.5 Å². The van der Waals surface area contributed by atoms with Gasteiger partial charge in [0.15, 0.2) is 0 Å². The monoisotopic (exact) mass is 411 g/mol. The summed E-state index contributed by atoms with van der Waals surface area (Å²) in [4.78, 5) is 25.4. The Labute approximate surface area is 177 Å². The molecule has 1 fully saturated rings. The maximum Gasteiger partial charge on any atom is 0.337 e. The quantitative estimate of drug-likeness (QED) is 0.646. The first-order chi connectivity index (χ1) is 14.6. The molecule has 0 unspecified atom stereocenters. The summed E-state index contributed by atoms with van der Waals surface area (Å²) in [6.45, 7) is 3.09. The van der Waals surface area contributed by atoms with Gasteiger partial charge in [-0.05, 0) is 36.6 Å². The van der Waals surface area contributed by atoms with E-state index >= 15 is 0 Å². The van der Waals surface area contributed by atoms with Crippen molar-refractivity contribution in [3.63, 3.8) is 0 Å². The van der Waals surface area contributed by atoms with Crippen LogP contribution in [0.2, 0.25) is 0 Å². The zero-order chi connectivity index (χ0) is 21.3. The van der Waals surface area contributed by atoms with Crippen molar-refractivity contribution in [1.29, 1.82) is 0 Å². The minimum atomic E-state index is -0.348. The van der Waals surface area contributed by atoms with Crippen molar-refractivity contribution in [2.24, 2.45) is 5.73 Å². The summed E-state index contributed by atoms with van der Waals surface area (Å²) in [6, 6.07) is 15.5. The summed E-state index contributed by atoms with van der Waals surface area (Å²) in [5, 5.41) is 2.97. The second kappa shape index (κ2) is 10.8. The molecule has 0 aliphatic carbocycles. The third-order valence-corrected chi connectivity index (χ3v) is 5.27. The van der Waals surface area contributed by atoms with Crippen LogP contribution in [-0.4, -0.2) is 49.6 Å². The lowest BCUT2D eigenvalue weighted by atomic mass is 10.0. The van der Waals surface area contributed by atoms with Crippen LogP contribution in [0.4, 0.5) is 0 Å². The number of esters is 1. The third kappa shape index (κ3) is 6.05. The van der Waals surface area contributed by atoms with Gasteiger partial charge in [-0.15, -0.1) is 0 Å². The van der Waals surface area contributed by atoms with Gasteiger partial charge in [0.25, 0.3) is 0 Å². The first-order valence-electron chi connectivity index (χ1n) is 10.2. The fourth-order valence-electron chi connectivity index (χ4n) is 3.55. The van der Waals surface area contributed by atoms with Crippen LogP contribution in [0.15, 0.2) is 48.5 Å². The lowest BCUT2D eigenvalue weighted by Gasteiger charge is -2.32. The number of methoxy groups -OCH3 is 1. The number of piperidine rings is 1. The van der Waals surface area contributed by atoms with E-state index < -0.39 is 0 Å². The minimum Gasteiger partial charge on any atom is -0.489 e. The van der Waals surface area contributed by atoms with Gasteiger partial charge in [0.2, 0.25) is 5.91 Å². The Morgan fingerprint density at radius 2 is 1.80 bits per heavy atom. The maximum absolute atomic E-state index is 11.5. The molecule has 0 saturated carbocycles. The van der Waals surface area contributed by atoms with E-state index in [9.17, 15) is 9.59 Å². The second-order valence-corrected chi connectivity index (χ2v) is 7.41. The first-order valence-corrected chi connectivity index (χ1v) is 10.2. The summed E-state index contributed by atoms with van der Waals surface area (Å²) in [5.74, 6) is 0.416. The number of ether oxygens (including phenoxy) is 2. The predicted molar refractivity (Wildman–Crippen MR) is 114 cm³/mol. The van der Waals surface area contributed by atoms with E-state index in [-0.39, 0.29) is 24.5 Å². The van der Waals surface area contributed by atoms with Gasteiger partial charge in [0.1, 0.15) is 12.4 Å². The van der Waals surface area contributed by atoms with Gasteiger partial charge >= 0.3 is 5.97 Å². The Bertz CT molecular complexity index is 846. The SMILES string of the molecule is COC(=O)c1ccc(COc2ccccc2CN2CCC(NC(=O)CN)CC2)cc1. The third-order valence-electron chi connectivity index (χ3n) is 5.27. The Morgan fingerprint density at radius 3 is 2.47 bits per heavy atom. The van der Waals surface area contributed by atoms with Crippen molar-refractivity contribution in [1.82, 2.24) is 10.2 Å². The smallest absolute Gasteiger partial charge is 0.337 e. The number of likely N-dealkylation sites (tertiary alicyclic amines) is 1. The van der Waals surface area contributed by atoms with Gasteiger partial charge in [0.05, 0.1) is 19.2 Å². The van der Waals surface area contributed by atoms with E-state index in [1.165, 1.54) is 7.11 Å². The molecule has 1 heterocycles. The summed E-state index contributed by atoms with van der Waals surface area (Å²) >= 11 is 0. The van der Waals surface area contributed by atoms with Crippen LogP contribution < -0.4 is 15.8 Å². The Balaban J connectivity index is 1.54. The van der Waals surface area contributed by atoms with E-state index in [2.05, 4.69) is 16.3 Å². The van der Waals surface area contributed by atoms with E-state index in [1.54, 1.807) is 12.1 Å². The number of hydrogen-bond donors (Lipinski definition) is 2. The Kier molecular flexibility index (Phi) is 7.82. The van der Waals surface area contributed by atoms with Crippen LogP contribution >= 0.6 is 0 Å². The molecule has 2 aromatic rings. The van der Waals surface area contributed by atoms with E-state index in [0.717, 1.165) is 49.4 Å². The highest BCUT2D eigenvalue weighted by Crippen LogP contribution is 2.23. The van der Waals surface area contributed by atoms with Gasteiger partial charge in [0, 0.05) is 31.2 Å². The molecule has 0 spiro atoms. The minimum absolute atomic E-state index is 0.0380. The highest BCUT2D eigenvalue weighted by molar-refractivity contribution is 5.89. The molecule has 1 amide bonds. The number of nitrogens with zero attached hydrogens (tertiary/aromatic N) is 1.